The second kappa shape index (κ2) is 3.40. The zero-order chi connectivity index (χ0) is 9.14. The molecule has 1 aliphatic heterocycles. The van der Waals surface area contributed by atoms with E-state index in [9.17, 15) is 0 Å². The normalized spacial score (nSPS) is 18.2. The Morgan fingerprint density at radius 2 is 2.42 bits per heavy atom. The predicted octanol–water partition coefficient (Wildman–Crippen LogP) is 0.869. The molecule has 0 saturated heterocycles. The Morgan fingerprint density at radius 3 is 3.00 bits per heavy atom. The monoisotopic (exact) mass is 184 g/mol. The molecule has 1 rings (SSSR count). The number of nitrogens with zero attached hydrogens (tertiary/aromatic N) is 3. The van der Waals surface area contributed by atoms with Crippen LogP contribution < -0.4 is 5.73 Å². The molecule has 0 aromatic carbocycles. The van der Waals surface area contributed by atoms with Crippen LogP contribution in [0, 0.1) is 0 Å². The van der Waals surface area contributed by atoms with Crippen LogP contribution in [0.2, 0.25) is 0 Å². The Morgan fingerprint density at radius 1 is 1.75 bits per heavy atom. The fourth-order valence-corrected chi connectivity index (χ4v) is 0.860. The van der Waals surface area contributed by atoms with Crippen molar-refractivity contribution >= 4 is 22.7 Å². The first-order valence-corrected chi connectivity index (χ1v) is 3.66. The van der Waals surface area contributed by atoms with Crippen LogP contribution in [0.1, 0.15) is 0 Å². The number of hydrogen-bond donors (Lipinski definition) is 1. The van der Waals surface area contributed by atoms with Crippen LogP contribution in [0.5, 0.6) is 0 Å². The van der Waals surface area contributed by atoms with Gasteiger partial charge in [0.15, 0.2) is 0 Å². The minimum absolute atomic E-state index is 0.266. The molecule has 0 spiro atoms. The van der Waals surface area contributed by atoms with Gasteiger partial charge >= 0.3 is 0 Å². The SMILES string of the molecule is C=C1C=CC(Cl)=NN1/C(N)=N\C. The third-order valence-electron chi connectivity index (χ3n) is 1.33. The van der Waals surface area contributed by atoms with E-state index in [4.69, 9.17) is 17.3 Å². The van der Waals surface area contributed by atoms with Gasteiger partial charge in [-0.2, -0.15) is 5.10 Å². The molecule has 0 fully saturated rings. The number of guanidine groups is 1. The van der Waals surface area contributed by atoms with Crippen molar-refractivity contribution < 1.29 is 0 Å². The minimum Gasteiger partial charge on any atom is -0.368 e. The van der Waals surface area contributed by atoms with Crippen molar-refractivity contribution in [3.63, 3.8) is 0 Å². The fraction of sp³-hybridized carbons (Fsp3) is 0.143. The van der Waals surface area contributed by atoms with E-state index in [1.165, 1.54) is 5.01 Å². The van der Waals surface area contributed by atoms with Crippen molar-refractivity contribution in [1.82, 2.24) is 5.01 Å². The summed E-state index contributed by atoms with van der Waals surface area (Å²) in [6, 6.07) is 0. The number of allylic oxidation sites excluding steroid dienone is 2. The molecule has 0 amide bonds. The van der Waals surface area contributed by atoms with E-state index >= 15 is 0 Å². The first kappa shape index (κ1) is 8.80. The molecule has 0 aromatic heterocycles. The van der Waals surface area contributed by atoms with Gasteiger partial charge < -0.3 is 5.73 Å². The van der Waals surface area contributed by atoms with Gasteiger partial charge in [0.1, 0.15) is 5.17 Å². The van der Waals surface area contributed by atoms with Crippen LogP contribution in [-0.4, -0.2) is 23.2 Å². The maximum absolute atomic E-state index is 5.65. The lowest BCUT2D eigenvalue weighted by molar-refractivity contribution is 0.560. The molecular weight excluding hydrogens is 176 g/mol. The Labute approximate surface area is 75.7 Å². The summed E-state index contributed by atoms with van der Waals surface area (Å²) in [6.07, 6.45) is 3.36. The van der Waals surface area contributed by atoms with Crippen molar-refractivity contribution in [2.75, 3.05) is 7.05 Å². The molecule has 1 heterocycles. The lowest BCUT2D eigenvalue weighted by Crippen LogP contribution is -2.33. The van der Waals surface area contributed by atoms with Crippen molar-refractivity contribution in [2.24, 2.45) is 15.8 Å². The Kier molecular flexibility index (Phi) is 2.50. The molecular formula is C7H9ClN4. The molecule has 0 bridgehead atoms. The van der Waals surface area contributed by atoms with Gasteiger partial charge in [-0.15, -0.1) is 0 Å². The van der Waals surface area contributed by atoms with E-state index in [1.807, 2.05) is 0 Å². The van der Waals surface area contributed by atoms with Gasteiger partial charge in [0, 0.05) is 7.05 Å². The predicted molar refractivity (Wildman–Crippen MR) is 51.0 cm³/mol. The fourth-order valence-electron chi connectivity index (χ4n) is 0.722. The van der Waals surface area contributed by atoms with Gasteiger partial charge in [-0.3, -0.25) is 4.99 Å². The number of halogens is 1. The van der Waals surface area contributed by atoms with E-state index in [1.54, 1.807) is 19.2 Å². The van der Waals surface area contributed by atoms with E-state index in [0.29, 0.717) is 10.9 Å². The maximum atomic E-state index is 5.65. The van der Waals surface area contributed by atoms with Crippen molar-refractivity contribution in [3.8, 4) is 0 Å². The number of rotatable bonds is 0. The van der Waals surface area contributed by atoms with Crippen LogP contribution in [-0.2, 0) is 0 Å². The summed E-state index contributed by atoms with van der Waals surface area (Å²) in [6.45, 7) is 3.71. The standard InChI is InChI=1S/C7H9ClN4/c1-5-3-4-6(8)11-12(5)7(9)10-2/h3-4H,1H2,2H3,(H2,9,10). The van der Waals surface area contributed by atoms with E-state index in [-0.39, 0.29) is 5.96 Å². The topological polar surface area (TPSA) is 54.0 Å². The Bertz CT molecular complexity index is 288. The molecule has 0 atom stereocenters. The van der Waals surface area contributed by atoms with Gasteiger partial charge in [0.05, 0.1) is 5.70 Å². The lowest BCUT2D eigenvalue weighted by atomic mass is 10.4. The van der Waals surface area contributed by atoms with Crippen LogP contribution >= 0.6 is 11.6 Å². The zero-order valence-corrected chi connectivity index (χ0v) is 7.41. The van der Waals surface area contributed by atoms with E-state index in [0.717, 1.165) is 0 Å². The summed E-state index contributed by atoms with van der Waals surface area (Å²) in [4.78, 5) is 3.76. The van der Waals surface area contributed by atoms with Gasteiger partial charge in [-0.05, 0) is 12.2 Å². The minimum atomic E-state index is 0.266. The Balaban J connectivity index is 2.92. The smallest absolute Gasteiger partial charge is 0.216 e. The quantitative estimate of drug-likeness (QED) is 0.449. The second-order valence-corrected chi connectivity index (χ2v) is 2.53. The molecule has 1 aliphatic rings. The molecule has 64 valence electrons. The van der Waals surface area contributed by atoms with E-state index < -0.39 is 0 Å². The van der Waals surface area contributed by atoms with Crippen molar-refractivity contribution in [2.45, 2.75) is 0 Å². The van der Waals surface area contributed by atoms with Gasteiger partial charge in [-0.1, -0.05) is 18.2 Å². The summed E-state index contributed by atoms with van der Waals surface area (Å²) >= 11 is 5.65. The van der Waals surface area contributed by atoms with Gasteiger partial charge in [-0.25, -0.2) is 5.01 Å². The highest BCUT2D eigenvalue weighted by Crippen LogP contribution is 2.11. The van der Waals surface area contributed by atoms with Crippen molar-refractivity contribution in [3.05, 3.63) is 24.4 Å². The van der Waals surface area contributed by atoms with Gasteiger partial charge in [0.25, 0.3) is 0 Å². The molecule has 0 aliphatic carbocycles. The molecule has 0 saturated carbocycles. The molecule has 0 radical (unpaired) electrons. The molecule has 0 aromatic rings. The molecule has 4 nitrogen and oxygen atoms in total. The van der Waals surface area contributed by atoms with E-state index in [2.05, 4.69) is 16.7 Å². The average molecular weight is 185 g/mol. The number of aliphatic imine (C=N–C) groups is 1. The molecule has 5 heteroatoms. The summed E-state index contributed by atoms with van der Waals surface area (Å²) in [5.74, 6) is 0.266. The van der Waals surface area contributed by atoms with Crippen LogP contribution in [0.4, 0.5) is 0 Å². The van der Waals surface area contributed by atoms with Crippen LogP contribution in [0.3, 0.4) is 0 Å². The summed E-state index contributed by atoms with van der Waals surface area (Å²) < 4.78 is 0. The highest BCUT2D eigenvalue weighted by molar-refractivity contribution is 6.68. The summed E-state index contributed by atoms with van der Waals surface area (Å²) in [5.41, 5.74) is 6.16. The van der Waals surface area contributed by atoms with Crippen LogP contribution in [0.15, 0.2) is 34.5 Å². The number of hydrazone groups is 1. The molecule has 0 unspecified atom stereocenters. The van der Waals surface area contributed by atoms with Gasteiger partial charge in [0.2, 0.25) is 5.96 Å². The first-order chi connectivity index (χ1) is 5.65. The maximum Gasteiger partial charge on any atom is 0.216 e. The van der Waals surface area contributed by atoms with Crippen LogP contribution in [0.25, 0.3) is 0 Å². The third-order valence-corrected chi connectivity index (χ3v) is 1.53. The first-order valence-electron chi connectivity index (χ1n) is 3.28. The molecule has 12 heavy (non-hydrogen) atoms. The largest absolute Gasteiger partial charge is 0.368 e. The number of nitrogens with two attached hydrogens (primary N) is 1. The highest BCUT2D eigenvalue weighted by atomic mass is 35.5. The Hall–Kier alpha value is -1.29. The third kappa shape index (κ3) is 1.65. The van der Waals surface area contributed by atoms with Crippen molar-refractivity contribution in [1.29, 1.82) is 0 Å². The zero-order valence-electron chi connectivity index (χ0n) is 6.66. The second-order valence-electron chi connectivity index (χ2n) is 2.14. The summed E-state index contributed by atoms with van der Waals surface area (Å²) in [5, 5.41) is 5.64. The number of hydrogen-bond acceptors (Lipinski definition) is 2. The lowest BCUT2D eigenvalue weighted by Gasteiger charge is -2.20. The highest BCUT2D eigenvalue weighted by Gasteiger charge is 2.11. The average Bonchev–Trinajstić information content (AvgIpc) is 2.08. The summed E-state index contributed by atoms with van der Waals surface area (Å²) in [7, 11) is 1.57. The molecule has 2 N–H and O–H groups in total.